The van der Waals surface area contributed by atoms with E-state index >= 15 is 0 Å². The van der Waals surface area contributed by atoms with Gasteiger partial charge in [-0.1, -0.05) is 38.1 Å². The predicted octanol–water partition coefficient (Wildman–Crippen LogP) is 5.36. The zero-order valence-electron chi connectivity index (χ0n) is 18.9. The highest BCUT2D eigenvalue weighted by Crippen LogP contribution is 2.28. The van der Waals surface area contributed by atoms with Gasteiger partial charge in [0.1, 0.15) is 5.82 Å². The smallest absolute Gasteiger partial charge is 0.378 e. The van der Waals surface area contributed by atoms with Crippen LogP contribution in [0.5, 0.6) is 0 Å². The van der Waals surface area contributed by atoms with Crippen molar-refractivity contribution in [2.24, 2.45) is 0 Å². The van der Waals surface area contributed by atoms with Crippen LogP contribution in [0.15, 0.2) is 60.0 Å². The molecule has 1 N–H and O–H groups in total. The summed E-state index contributed by atoms with van der Waals surface area (Å²) in [7, 11) is 0. The van der Waals surface area contributed by atoms with Gasteiger partial charge in [-0.15, -0.1) is 16.4 Å². The molecule has 0 bridgehead atoms. The Morgan fingerprint density at radius 1 is 1.12 bits per heavy atom. The summed E-state index contributed by atoms with van der Waals surface area (Å²) in [6, 6.07) is 15.2. The molecule has 1 amide bonds. The van der Waals surface area contributed by atoms with Crippen molar-refractivity contribution in [2.75, 3.05) is 11.9 Å². The third-order valence-electron chi connectivity index (χ3n) is 5.13. The number of aromatic nitrogens is 3. The number of esters is 1. The van der Waals surface area contributed by atoms with E-state index in [0.29, 0.717) is 11.5 Å². The topological polar surface area (TPSA) is 86.1 Å². The molecule has 0 fully saturated rings. The minimum atomic E-state index is -0.831. The van der Waals surface area contributed by atoms with Gasteiger partial charge < -0.3 is 10.1 Å². The second-order valence-electron chi connectivity index (χ2n) is 7.94. The van der Waals surface area contributed by atoms with Crippen LogP contribution in [0.2, 0.25) is 0 Å². The second-order valence-corrected chi connectivity index (χ2v) is 8.89. The number of para-hydroxylation sites is 1. The minimum absolute atomic E-state index is 0.195. The molecule has 34 heavy (non-hydrogen) atoms. The maximum absolute atomic E-state index is 13.4. The molecule has 2 heterocycles. The molecule has 0 saturated heterocycles. The Labute approximate surface area is 200 Å². The van der Waals surface area contributed by atoms with Gasteiger partial charge in [0.25, 0.3) is 11.7 Å². The van der Waals surface area contributed by atoms with Crippen LogP contribution in [0.25, 0.3) is 16.4 Å². The summed E-state index contributed by atoms with van der Waals surface area (Å²) in [5.41, 5.74) is 3.18. The lowest BCUT2D eigenvalue weighted by Gasteiger charge is -2.16. The molecular formula is C25H23FN4O3S. The van der Waals surface area contributed by atoms with E-state index in [2.05, 4.69) is 15.4 Å². The molecule has 0 aliphatic rings. The Kier molecular flexibility index (Phi) is 6.83. The first-order valence-corrected chi connectivity index (χ1v) is 11.5. The number of benzene rings is 2. The van der Waals surface area contributed by atoms with Crippen molar-refractivity contribution < 1.29 is 18.7 Å². The van der Waals surface area contributed by atoms with Crippen molar-refractivity contribution in [1.29, 1.82) is 0 Å². The molecule has 4 rings (SSSR count). The highest BCUT2D eigenvalue weighted by molar-refractivity contribution is 7.13. The second kappa shape index (κ2) is 9.96. The number of hydrogen-bond donors (Lipinski definition) is 1. The third-order valence-corrected chi connectivity index (χ3v) is 5.99. The van der Waals surface area contributed by atoms with Gasteiger partial charge in [-0.05, 0) is 59.7 Å². The van der Waals surface area contributed by atoms with Crippen LogP contribution in [0.4, 0.5) is 10.1 Å². The molecule has 0 spiro atoms. The van der Waals surface area contributed by atoms with Crippen LogP contribution in [0.3, 0.4) is 0 Å². The molecule has 0 unspecified atom stereocenters. The van der Waals surface area contributed by atoms with Crippen LogP contribution >= 0.6 is 11.3 Å². The third kappa shape index (κ3) is 5.04. The lowest BCUT2D eigenvalue weighted by Crippen LogP contribution is -2.22. The molecule has 4 aromatic rings. The fourth-order valence-electron chi connectivity index (χ4n) is 3.44. The van der Waals surface area contributed by atoms with Crippen LogP contribution in [0, 0.1) is 12.7 Å². The van der Waals surface area contributed by atoms with Crippen LogP contribution < -0.4 is 5.32 Å². The average Bonchev–Trinajstić information content (AvgIpc) is 3.49. The van der Waals surface area contributed by atoms with E-state index in [9.17, 15) is 14.0 Å². The normalized spacial score (nSPS) is 11.0. The number of carbonyl (C=O) groups is 2. The van der Waals surface area contributed by atoms with E-state index in [-0.39, 0.29) is 17.6 Å². The molecule has 0 aliphatic carbocycles. The van der Waals surface area contributed by atoms with Gasteiger partial charge in [0.2, 0.25) is 0 Å². The number of carbonyl (C=O) groups excluding carboxylic acids is 2. The Morgan fingerprint density at radius 2 is 1.88 bits per heavy atom. The van der Waals surface area contributed by atoms with Crippen molar-refractivity contribution in [2.45, 2.75) is 26.7 Å². The first-order valence-electron chi connectivity index (χ1n) is 10.7. The van der Waals surface area contributed by atoms with E-state index in [1.807, 2.05) is 56.5 Å². The van der Waals surface area contributed by atoms with Crippen LogP contribution in [-0.4, -0.2) is 33.2 Å². The lowest BCUT2D eigenvalue weighted by atomic mass is 9.98. The number of ether oxygens (including phenoxy) is 1. The fraction of sp³-hybridized carbons (Fsp3) is 0.200. The van der Waals surface area contributed by atoms with Gasteiger partial charge in [-0.2, -0.15) is 4.98 Å². The highest BCUT2D eigenvalue weighted by Gasteiger charge is 2.22. The van der Waals surface area contributed by atoms with Crippen molar-refractivity contribution >= 4 is 28.9 Å². The van der Waals surface area contributed by atoms with Crippen molar-refractivity contribution in [3.63, 3.8) is 0 Å². The molecule has 174 valence electrons. The maximum atomic E-state index is 13.4. The van der Waals surface area contributed by atoms with E-state index < -0.39 is 18.5 Å². The summed E-state index contributed by atoms with van der Waals surface area (Å²) in [5.74, 6) is -1.24. The number of amides is 1. The van der Waals surface area contributed by atoms with Gasteiger partial charge in [0, 0.05) is 5.69 Å². The van der Waals surface area contributed by atoms with Crippen LogP contribution in [0.1, 0.15) is 41.5 Å². The van der Waals surface area contributed by atoms with E-state index in [4.69, 9.17) is 4.74 Å². The lowest BCUT2D eigenvalue weighted by molar-refractivity contribution is -0.119. The molecule has 2 aromatic heterocycles. The number of aryl methyl sites for hydroxylation is 1. The molecule has 0 atom stereocenters. The largest absolute Gasteiger partial charge is 0.450 e. The molecule has 0 radical (unpaired) electrons. The quantitative estimate of drug-likeness (QED) is 0.361. The zero-order chi connectivity index (χ0) is 24.2. The number of rotatable bonds is 7. The molecular weight excluding hydrogens is 455 g/mol. The fourth-order valence-corrected chi connectivity index (χ4v) is 4.14. The number of nitrogens with one attached hydrogen (secondary N) is 1. The Bertz CT molecular complexity index is 1310. The number of hydrogen-bond acceptors (Lipinski definition) is 6. The molecule has 9 heteroatoms. The maximum Gasteiger partial charge on any atom is 0.378 e. The number of anilines is 1. The van der Waals surface area contributed by atoms with Crippen molar-refractivity contribution in [3.8, 4) is 16.4 Å². The zero-order valence-corrected chi connectivity index (χ0v) is 19.7. The number of halogens is 1. The molecule has 0 saturated carbocycles. The summed E-state index contributed by atoms with van der Waals surface area (Å²) >= 11 is 1.42. The Hall–Kier alpha value is -3.85. The van der Waals surface area contributed by atoms with Crippen LogP contribution in [-0.2, 0) is 9.53 Å². The summed E-state index contributed by atoms with van der Waals surface area (Å²) in [6.45, 7) is 5.51. The predicted molar refractivity (Wildman–Crippen MR) is 129 cm³/mol. The van der Waals surface area contributed by atoms with E-state index in [1.165, 1.54) is 40.3 Å². The van der Waals surface area contributed by atoms with E-state index in [0.717, 1.165) is 21.7 Å². The number of nitrogens with zero attached hydrogens (tertiary/aromatic N) is 3. The summed E-state index contributed by atoms with van der Waals surface area (Å²) < 4.78 is 20.0. The molecule has 2 aromatic carbocycles. The Morgan fingerprint density at radius 3 is 2.56 bits per heavy atom. The van der Waals surface area contributed by atoms with Gasteiger partial charge in [0.15, 0.2) is 12.4 Å². The minimum Gasteiger partial charge on any atom is -0.450 e. The standard InChI is InChI=1S/C25H23FN4O3S/c1-15(2)19-7-4-6-16(3)22(19)27-21(31)14-33-25(32)23-28-24(20-8-5-13-34-20)30(29-23)18-11-9-17(26)10-12-18/h4-13,15H,14H2,1-3H3,(H,27,31). The Balaban J connectivity index is 1.51. The van der Waals surface area contributed by atoms with Gasteiger partial charge in [-0.25, -0.2) is 13.9 Å². The molecule has 7 nitrogen and oxygen atoms in total. The van der Waals surface area contributed by atoms with Gasteiger partial charge in [-0.3, -0.25) is 4.79 Å². The summed E-state index contributed by atoms with van der Waals surface area (Å²) in [4.78, 5) is 30.3. The summed E-state index contributed by atoms with van der Waals surface area (Å²) in [6.07, 6.45) is 0. The summed E-state index contributed by atoms with van der Waals surface area (Å²) in [5, 5.41) is 8.98. The first-order chi connectivity index (χ1) is 16.3. The van der Waals surface area contributed by atoms with Gasteiger partial charge in [0.05, 0.1) is 10.6 Å². The van der Waals surface area contributed by atoms with E-state index in [1.54, 1.807) is 0 Å². The SMILES string of the molecule is Cc1cccc(C(C)C)c1NC(=O)COC(=O)c1nc(-c2cccs2)n(-c2ccc(F)cc2)n1. The van der Waals surface area contributed by atoms with Crippen molar-refractivity contribution in [1.82, 2.24) is 14.8 Å². The van der Waals surface area contributed by atoms with Crippen molar-refractivity contribution in [3.05, 3.63) is 82.7 Å². The monoisotopic (exact) mass is 478 g/mol. The molecule has 0 aliphatic heterocycles. The number of thiophene rings is 1. The average molecular weight is 479 g/mol. The van der Waals surface area contributed by atoms with Gasteiger partial charge >= 0.3 is 5.97 Å². The first kappa shape index (κ1) is 23.3. The highest BCUT2D eigenvalue weighted by atomic mass is 32.1.